The number of nitro benzene ring substituents is 1. The lowest BCUT2D eigenvalue weighted by Crippen LogP contribution is -2.26. The van der Waals surface area contributed by atoms with Gasteiger partial charge in [-0.1, -0.05) is 30.3 Å². The number of hydrogen-bond acceptors (Lipinski definition) is 5. The highest BCUT2D eigenvalue weighted by atomic mass is 32.2. The van der Waals surface area contributed by atoms with Gasteiger partial charge in [-0.3, -0.25) is 19.2 Å². The number of nitro groups is 1. The molecule has 30 heavy (non-hydrogen) atoms. The number of benzene rings is 3. The van der Waals surface area contributed by atoms with E-state index < -0.39 is 20.9 Å². The summed E-state index contributed by atoms with van der Waals surface area (Å²) in [6, 6.07) is 18.6. The molecule has 0 unspecified atom stereocenters. The highest BCUT2D eigenvalue weighted by Crippen LogP contribution is 2.24. The second-order valence-electron chi connectivity index (χ2n) is 6.55. The van der Waals surface area contributed by atoms with E-state index in [2.05, 4.69) is 5.32 Å². The number of nitrogens with zero attached hydrogens (tertiary/aromatic N) is 2. The first-order valence-electron chi connectivity index (χ1n) is 8.90. The fourth-order valence-electron chi connectivity index (χ4n) is 2.82. The number of para-hydroxylation sites is 1. The Morgan fingerprint density at radius 3 is 2.37 bits per heavy atom. The highest BCUT2D eigenvalue weighted by molar-refractivity contribution is 7.92. The number of amides is 1. The lowest BCUT2D eigenvalue weighted by atomic mass is 10.1. The molecule has 3 aromatic carbocycles. The number of sulfonamides is 1. The number of nitrogens with one attached hydrogen (secondary N) is 1. The van der Waals surface area contributed by atoms with Gasteiger partial charge in [0.1, 0.15) is 0 Å². The van der Waals surface area contributed by atoms with Crippen LogP contribution in [0.2, 0.25) is 0 Å². The Labute approximate surface area is 174 Å². The average molecular weight is 425 g/mol. The molecule has 3 rings (SSSR count). The van der Waals surface area contributed by atoms with Gasteiger partial charge in [-0.05, 0) is 43.3 Å². The van der Waals surface area contributed by atoms with Crippen LogP contribution in [0.1, 0.15) is 15.9 Å². The smallest absolute Gasteiger partial charge is 0.273 e. The van der Waals surface area contributed by atoms with Crippen molar-refractivity contribution in [1.29, 1.82) is 0 Å². The summed E-state index contributed by atoms with van der Waals surface area (Å²) in [4.78, 5) is 23.1. The molecule has 1 N–H and O–H groups in total. The third kappa shape index (κ3) is 4.31. The highest BCUT2D eigenvalue weighted by Gasteiger charge is 2.22. The molecule has 0 aliphatic rings. The van der Waals surface area contributed by atoms with Crippen LogP contribution in [0.4, 0.5) is 17.1 Å². The summed E-state index contributed by atoms with van der Waals surface area (Å²) < 4.78 is 27.0. The molecule has 0 bridgehead atoms. The van der Waals surface area contributed by atoms with Gasteiger partial charge in [0.15, 0.2) is 0 Å². The van der Waals surface area contributed by atoms with Gasteiger partial charge < -0.3 is 5.32 Å². The van der Waals surface area contributed by atoms with Crippen molar-refractivity contribution in [3.8, 4) is 0 Å². The Balaban J connectivity index is 1.86. The topological polar surface area (TPSA) is 110 Å². The first kappa shape index (κ1) is 21.0. The predicted molar refractivity (Wildman–Crippen MR) is 114 cm³/mol. The average Bonchev–Trinajstić information content (AvgIpc) is 2.74. The number of hydrogen-bond donors (Lipinski definition) is 1. The summed E-state index contributed by atoms with van der Waals surface area (Å²) in [7, 11) is -2.40. The van der Waals surface area contributed by atoms with Crippen molar-refractivity contribution >= 4 is 33.0 Å². The number of carbonyl (C=O) groups is 1. The third-order valence-corrected chi connectivity index (χ3v) is 6.32. The minimum Gasteiger partial charge on any atom is -0.322 e. The van der Waals surface area contributed by atoms with Gasteiger partial charge in [-0.25, -0.2) is 8.42 Å². The molecular weight excluding hydrogens is 406 g/mol. The molecule has 154 valence electrons. The van der Waals surface area contributed by atoms with E-state index in [1.54, 1.807) is 43.3 Å². The molecule has 3 aromatic rings. The minimum atomic E-state index is -3.85. The predicted octanol–water partition coefficient (Wildman–Crippen LogP) is 3.98. The van der Waals surface area contributed by atoms with Crippen LogP contribution < -0.4 is 9.62 Å². The first-order valence-corrected chi connectivity index (χ1v) is 10.3. The summed E-state index contributed by atoms with van der Waals surface area (Å²) in [6.45, 7) is 1.58. The molecule has 9 heteroatoms. The van der Waals surface area contributed by atoms with Crippen molar-refractivity contribution in [3.05, 3.63) is 94.0 Å². The normalized spacial score (nSPS) is 11.0. The van der Waals surface area contributed by atoms with Crippen LogP contribution in [0, 0.1) is 17.0 Å². The van der Waals surface area contributed by atoms with Crippen molar-refractivity contribution in [2.75, 3.05) is 16.7 Å². The van der Waals surface area contributed by atoms with E-state index >= 15 is 0 Å². The Morgan fingerprint density at radius 1 is 1.00 bits per heavy atom. The number of carbonyl (C=O) groups excluding carboxylic acids is 1. The standard InChI is InChI=1S/C21H19N3O5S/c1-15-11-12-16(13-20(15)24(26)27)21(25)22-17-7-6-10-19(14-17)30(28,29)23(2)18-8-4-3-5-9-18/h3-14H,1-2H3,(H,22,25). The van der Waals surface area contributed by atoms with Crippen molar-refractivity contribution in [2.45, 2.75) is 11.8 Å². The van der Waals surface area contributed by atoms with Gasteiger partial charge in [0, 0.05) is 29.9 Å². The zero-order valence-electron chi connectivity index (χ0n) is 16.3. The summed E-state index contributed by atoms with van der Waals surface area (Å²) in [5, 5.41) is 13.7. The van der Waals surface area contributed by atoms with Gasteiger partial charge >= 0.3 is 0 Å². The molecule has 0 heterocycles. The van der Waals surface area contributed by atoms with E-state index in [9.17, 15) is 23.3 Å². The van der Waals surface area contributed by atoms with Crippen LogP contribution in [0.3, 0.4) is 0 Å². The zero-order chi connectivity index (χ0) is 21.9. The summed E-state index contributed by atoms with van der Waals surface area (Å²) in [5.41, 5.74) is 1.13. The van der Waals surface area contributed by atoms with Gasteiger partial charge in [0.05, 0.1) is 15.5 Å². The van der Waals surface area contributed by atoms with E-state index in [0.29, 0.717) is 11.3 Å². The fourth-order valence-corrected chi connectivity index (χ4v) is 4.06. The van der Waals surface area contributed by atoms with Crippen LogP contribution >= 0.6 is 0 Å². The van der Waals surface area contributed by atoms with Gasteiger partial charge in [0.2, 0.25) is 0 Å². The van der Waals surface area contributed by atoms with Crippen molar-refractivity contribution in [3.63, 3.8) is 0 Å². The summed E-state index contributed by atoms with van der Waals surface area (Å²) in [5.74, 6) is -0.580. The molecule has 0 saturated carbocycles. The summed E-state index contributed by atoms with van der Waals surface area (Å²) in [6.07, 6.45) is 0. The number of aryl methyl sites for hydroxylation is 1. The van der Waals surface area contributed by atoms with Crippen molar-refractivity contribution < 1.29 is 18.1 Å². The number of rotatable bonds is 6. The largest absolute Gasteiger partial charge is 0.322 e. The first-order chi connectivity index (χ1) is 14.2. The Hall–Kier alpha value is -3.72. The lowest BCUT2D eigenvalue weighted by Gasteiger charge is -2.19. The zero-order valence-corrected chi connectivity index (χ0v) is 17.1. The molecule has 0 spiro atoms. The summed E-state index contributed by atoms with van der Waals surface area (Å²) >= 11 is 0. The maximum atomic E-state index is 12.9. The molecule has 0 fully saturated rings. The second kappa shape index (κ2) is 8.34. The quantitative estimate of drug-likeness (QED) is 0.474. The molecule has 0 saturated heterocycles. The lowest BCUT2D eigenvalue weighted by molar-refractivity contribution is -0.385. The van der Waals surface area contributed by atoms with E-state index in [0.717, 1.165) is 4.31 Å². The molecule has 0 radical (unpaired) electrons. The minimum absolute atomic E-state index is 0.00143. The van der Waals surface area contributed by atoms with E-state index in [-0.39, 0.29) is 21.8 Å². The molecule has 1 amide bonds. The molecular formula is C21H19N3O5S. The third-order valence-electron chi connectivity index (χ3n) is 4.54. The molecule has 8 nitrogen and oxygen atoms in total. The maximum absolute atomic E-state index is 12.9. The Morgan fingerprint density at radius 2 is 1.70 bits per heavy atom. The van der Waals surface area contributed by atoms with Crippen LogP contribution in [-0.4, -0.2) is 26.3 Å². The molecule has 0 aromatic heterocycles. The van der Waals surface area contributed by atoms with Crippen molar-refractivity contribution in [1.82, 2.24) is 0 Å². The second-order valence-corrected chi connectivity index (χ2v) is 8.52. The van der Waals surface area contributed by atoms with Crippen LogP contribution in [0.25, 0.3) is 0 Å². The van der Waals surface area contributed by atoms with Gasteiger partial charge in [-0.15, -0.1) is 0 Å². The van der Waals surface area contributed by atoms with E-state index in [1.165, 1.54) is 43.4 Å². The van der Waals surface area contributed by atoms with Crippen LogP contribution in [0.5, 0.6) is 0 Å². The molecule has 0 aliphatic heterocycles. The van der Waals surface area contributed by atoms with Crippen molar-refractivity contribution in [2.24, 2.45) is 0 Å². The van der Waals surface area contributed by atoms with Crippen LogP contribution in [-0.2, 0) is 10.0 Å². The Kier molecular flexibility index (Phi) is 5.84. The molecule has 0 aliphatic carbocycles. The SMILES string of the molecule is Cc1ccc(C(=O)Nc2cccc(S(=O)(=O)N(C)c3ccccc3)c2)cc1[N+](=O)[O-]. The van der Waals surface area contributed by atoms with Crippen LogP contribution in [0.15, 0.2) is 77.7 Å². The van der Waals surface area contributed by atoms with Gasteiger partial charge in [-0.2, -0.15) is 0 Å². The van der Waals surface area contributed by atoms with Gasteiger partial charge in [0.25, 0.3) is 21.6 Å². The monoisotopic (exact) mass is 425 g/mol. The van der Waals surface area contributed by atoms with E-state index in [1.807, 2.05) is 0 Å². The van der Waals surface area contributed by atoms with E-state index in [4.69, 9.17) is 0 Å². The fraction of sp³-hybridized carbons (Fsp3) is 0.0952. The Bertz CT molecular complexity index is 1210. The molecule has 0 atom stereocenters. The number of anilines is 2. The maximum Gasteiger partial charge on any atom is 0.273 e.